The molecule has 1 heterocycles. The normalized spacial score (nSPS) is 12.4. The Bertz CT molecular complexity index is 233. The molecule has 3 heteroatoms. The fourth-order valence-electron chi connectivity index (χ4n) is 0.614. The van der Waals surface area contributed by atoms with E-state index in [4.69, 9.17) is 0 Å². The Kier molecular flexibility index (Phi) is 2.05. The predicted molar refractivity (Wildman–Crippen MR) is 39.4 cm³/mol. The van der Waals surface area contributed by atoms with E-state index in [0.29, 0.717) is 0 Å². The van der Waals surface area contributed by atoms with E-state index < -0.39 is 0 Å². The highest BCUT2D eigenvalue weighted by atomic mass is 32.1. The number of aryl methyl sites for hydroxylation is 1. The van der Waals surface area contributed by atoms with Gasteiger partial charge in [-0.2, -0.15) is 0 Å². The van der Waals surface area contributed by atoms with Crippen molar-refractivity contribution in [2.24, 2.45) is 12.0 Å². The number of thiazole rings is 1. The van der Waals surface area contributed by atoms with Crippen molar-refractivity contribution in [3.63, 3.8) is 0 Å². The Hall–Kier alpha value is -0.570. The molecule has 0 unspecified atom stereocenters. The summed E-state index contributed by atoms with van der Waals surface area (Å²) in [6.07, 6.45) is 2.01. The van der Waals surface area contributed by atoms with E-state index in [1.807, 2.05) is 30.1 Å². The van der Waals surface area contributed by atoms with Crippen LogP contribution in [-0.2, 0) is 7.05 Å². The topological polar surface area (TPSA) is 17.3 Å². The molecule has 1 aromatic rings. The summed E-state index contributed by atoms with van der Waals surface area (Å²) in [5.41, 5.74) is 0. The monoisotopic (exact) mass is 142 g/mol. The third kappa shape index (κ3) is 1.42. The molecule has 0 aromatic carbocycles. The van der Waals surface area contributed by atoms with Crippen molar-refractivity contribution in [1.82, 2.24) is 4.57 Å². The van der Waals surface area contributed by atoms with Crippen molar-refractivity contribution in [2.45, 2.75) is 6.92 Å². The Morgan fingerprint density at radius 3 is 3.00 bits per heavy atom. The van der Waals surface area contributed by atoms with E-state index in [0.717, 1.165) is 11.3 Å². The number of aromatic nitrogens is 1. The van der Waals surface area contributed by atoms with E-state index in [1.54, 1.807) is 11.3 Å². The van der Waals surface area contributed by atoms with Crippen LogP contribution in [-0.4, -0.2) is 11.1 Å². The largest absolute Gasteiger partial charge is 0.327 e. The second kappa shape index (κ2) is 2.82. The van der Waals surface area contributed by atoms with E-state index in [-0.39, 0.29) is 0 Å². The van der Waals surface area contributed by atoms with Gasteiger partial charge in [0.15, 0.2) is 4.80 Å². The maximum atomic E-state index is 4.25. The van der Waals surface area contributed by atoms with Crippen molar-refractivity contribution in [2.75, 3.05) is 6.54 Å². The quantitative estimate of drug-likeness (QED) is 0.557. The smallest absolute Gasteiger partial charge is 0.184 e. The molecule has 0 atom stereocenters. The molecule has 0 spiro atoms. The summed E-state index contributed by atoms with van der Waals surface area (Å²) >= 11 is 1.67. The molecule has 50 valence electrons. The van der Waals surface area contributed by atoms with Crippen molar-refractivity contribution in [3.8, 4) is 0 Å². The van der Waals surface area contributed by atoms with Crippen LogP contribution in [0.5, 0.6) is 0 Å². The van der Waals surface area contributed by atoms with Gasteiger partial charge < -0.3 is 4.57 Å². The Balaban J connectivity index is 3.07. The molecule has 1 rings (SSSR count). The van der Waals surface area contributed by atoms with E-state index >= 15 is 0 Å². The molecular formula is C6H10N2S. The summed E-state index contributed by atoms with van der Waals surface area (Å²) in [6.45, 7) is 2.91. The molecule has 2 nitrogen and oxygen atoms in total. The lowest BCUT2D eigenvalue weighted by molar-refractivity contribution is 0.849. The van der Waals surface area contributed by atoms with Crippen LogP contribution in [0.1, 0.15) is 6.92 Å². The van der Waals surface area contributed by atoms with Crippen LogP contribution in [0.4, 0.5) is 0 Å². The summed E-state index contributed by atoms with van der Waals surface area (Å²) in [6, 6.07) is 0. The molecule has 0 fully saturated rings. The zero-order chi connectivity index (χ0) is 6.69. The minimum Gasteiger partial charge on any atom is -0.327 e. The van der Waals surface area contributed by atoms with Gasteiger partial charge in [0.2, 0.25) is 0 Å². The Labute approximate surface area is 58.5 Å². The molecular weight excluding hydrogens is 132 g/mol. The number of hydrogen-bond donors (Lipinski definition) is 0. The van der Waals surface area contributed by atoms with Crippen LogP contribution in [0.25, 0.3) is 0 Å². The minimum atomic E-state index is 0.869. The van der Waals surface area contributed by atoms with E-state index in [9.17, 15) is 0 Å². The van der Waals surface area contributed by atoms with Gasteiger partial charge in [0, 0.05) is 25.2 Å². The lowest BCUT2D eigenvalue weighted by atomic mass is 10.8. The fourth-order valence-corrected chi connectivity index (χ4v) is 1.41. The van der Waals surface area contributed by atoms with Crippen LogP contribution in [0, 0.1) is 0 Å². The first-order valence-electron chi connectivity index (χ1n) is 2.95. The van der Waals surface area contributed by atoms with Gasteiger partial charge in [-0.1, -0.05) is 0 Å². The molecule has 9 heavy (non-hydrogen) atoms. The average Bonchev–Trinajstić information content (AvgIpc) is 2.18. The molecule has 0 N–H and O–H groups in total. The average molecular weight is 142 g/mol. The van der Waals surface area contributed by atoms with Crippen molar-refractivity contribution in [1.29, 1.82) is 0 Å². The van der Waals surface area contributed by atoms with Crippen LogP contribution >= 0.6 is 11.3 Å². The Morgan fingerprint density at radius 2 is 2.56 bits per heavy atom. The molecule has 0 saturated carbocycles. The lowest BCUT2D eigenvalue weighted by Crippen LogP contribution is -2.08. The highest BCUT2D eigenvalue weighted by Gasteiger charge is 1.83. The molecule has 0 bridgehead atoms. The summed E-state index contributed by atoms with van der Waals surface area (Å²) in [4.78, 5) is 5.34. The van der Waals surface area contributed by atoms with E-state index in [1.165, 1.54) is 0 Å². The molecule has 0 aliphatic rings. The summed E-state index contributed by atoms with van der Waals surface area (Å²) in [5, 5.41) is 2.04. The molecule has 0 radical (unpaired) electrons. The number of nitrogens with zero attached hydrogens (tertiary/aromatic N) is 2. The van der Waals surface area contributed by atoms with Crippen LogP contribution in [0.2, 0.25) is 0 Å². The van der Waals surface area contributed by atoms with Gasteiger partial charge in [0.1, 0.15) is 0 Å². The lowest BCUT2D eigenvalue weighted by Gasteiger charge is -1.85. The van der Waals surface area contributed by atoms with Gasteiger partial charge in [-0.25, -0.2) is 0 Å². The zero-order valence-corrected chi connectivity index (χ0v) is 6.48. The number of hydrogen-bond acceptors (Lipinski definition) is 2. The summed E-state index contributed by atoms with van der Waals surface area (Å²) in [7, 11) is 2.00. The maximum absolute atomic E-state index is 4.25. The highest BCUT2D eigenvalue weighted by molar-refractivity contribution is 7.07. The fraction of sp³-hybridized carbons (Fsp3) is 0.500. The molecule has 0 amide bonds. The summed E-state index contributed by atoms with van der Waals surface area (Å²) in [5.74, 6) is 0. The van der Waals surface area contributed by atoms with Crippen LogP contribution in [0.15, 0.2) is 16.6 Å². The van der Waals surface area contributed by atoms with Crippen molar-refractivity contribution in [3.05, 3.63) is 16.4 Å². The first-order chi connectivity index (χ1) is 4.34. The standard InChI is InChI=1S/C6H10N2S/c1-3-7-6-8(2)4-5-9-6/h4-5H,3H2,1-2H3. The first kappa shape index (κ1) is 6.55. The maximum Gasteiger partial charge on any atom is 0.184 e. The highest BCUT2D eigenvalue weighted by Crippen LogP contribution is 1.84. The SMILES string of the molecule is CCN=c1sccn1C. The van der Waals surface area contributed by atoms with Gasteiger partial charge in [0.25, 0.3) is 0 Å². The molecule has 1 aromatic heterocycles. The third-order valence-corrected chi connectivity index (χ3v) is 1.94. The van der Waals surface area contributed by atoms with Crippen molar-refractivity contribution < 1.29 is 0 Å². The first-order valence-corrected chi connectivity index (χ1v) is 3.83. The molecule has 0 aliphatic heterocycles. The molecule has 0 aliphatic carbocycles. The van der Waals surface area contributed by atoms with Crippen LogP contribution in [0.3, 0.4) is 0 Å². The Morgan fingerprint density at radius 1 is 1.78 bits per heavy atom. The van der Waals surface area contributed by atoms with Gasteiger partial charge in [-0.15, -0.1) is 11.3 Å². The molecule has 0 saturated heterocycles. The van der Waals surface area contributed by atoms with Crippen molar-refractivity contribution >= 4 is 11.3 Å². The zero-order valence-electron chi connectivity index (χ0n) is 5.66. The van der Waals surface area contributed by atoms with Gasteiger partial charge in [-0.3, -0.25) is 4.99 Å². The predicted octanol–water partition coefficient (Wildman–Crippen LogP) is 1.01. The van der Waals surface area contributed by atoms with Gasteiger partial charge in [-0.05, 0) is 6.92 Å². The number of rotatable bonds is 1. The second-order valence-electron chi connectivity index (χ2n) is 1.77. The van der Waals surface area contributed by atoms with E-state index in [2.05, 4.69) is 4.99 Å². The van der Waals surface area contributed by atoms with Gasteiger partial charge in [0.05, 0.1) is 0 Å². The minimum absolute atomic E-state index is 0.869. The third-order valence-electron chi connectivity index (χ3n) is 1.05. The second-order valence-corrected chi connectivity index (χ2v) is 2.64. The summed E-state index contributed by atoms with van der Waals surface area (Å²) < 4.78 is 2.02. The van der Waals surface area contributed by atoms with Gasteiger partial charge >= 0.3 is 0 Å². The van der Waals surface area contributed by atoms with Crippen LogP contribution < -0.4 is 4.80 Å².